The lowest BCUT2D eigenvalue weighted by Crippen LogP contribution is -2.27. The van der Waals surface area contributed by atoms with E-state index < -0.39 is 0 Å². The maximum absolute atomic E-state index is 12.9. The molecule has 0 spiro atoms. The summed E-state index contributed by atoms with van der Waals surface area (Å²) in [5.41, 5.74) is 4.10. The molecule has 0 saturated heterocycles. The Hall–Kier alpha value is -2.70. The number of aromatic nitrogens is 4. The second-order valence-electron chi connectivity index (χ2n) is 7.43. The minimum absolute atomic E-state index is 0.0896. The Kier molecular flexibility index (Phi) is 3.55. The van der Waals surface area contributed by atoms with E-state index >= 15 is 0 Å². The van der Waals surface area contributed by atoms with Crippen LogP contribution in [0.25, 0.3) is 11.1 Å². The molecular formula is C19H21N5O2. The zero-order chi connectivity index (χ0) is 17.7. The van der Waals surface area contributed by atoms with Crippen LogP contribution in [0.5, 0.6) is 0 Å². The fourth-order valence-electron chi connectivity index (χ4n) is 3.36. The number of nitrogens with zero attached hydrogens (tertiary/aromatic N) is 4. The van der Waals surface area contributed by atoms with E-state index in [0.717, 1.165) is 48.0 Å². The van der Waals surface area contributed by atoms with Crippen molar-refractivity contribution in [2.45, 2.75) is 51.0 Å². The first-order chi connectivity index (χ1) is 12.7. The SMILES string of the molecule is Cc1cnn(CCNC(=O)c2cc(C3CC3)nc3onc(C4CC4)c23)c1. The minimum Gasteiger partial charge on any atom is -0.350 e. The Balaban J connectivity index is 1.42. The van der Waals surface area contributed by atoms with E-state index in [0.29, 0.717) is 36.2 Å². The molecule has 0 unspecified atom stereocenters. The highest BCUT2D eigenvalue weighted by Crippen LogP contribution is 2.45. The van der Waals surface area contributed by atoms with Crippen molar-refractivity contribution in [3.8, 4) is 0 Å². The Labute approximate surface area is 150 Å². The summed E-state index contributed by atoms with van der Waals surface area (Å²) in [5, 5.41) is 12.3. The highest BCUT2D eigenvalue weighted by molar-refractivity contribution is 6.06. The summed E-state index contributed by atoms with van der Waals surface area (Å²) in [6, 6.07) is 1.94. The van der Waals surface area contributed by atoms with E-state index in [1.54, 1.807) is 0 Å². The monoisotopic (exact) mass is 351 g/mol. The summed E-state index contributed by atoms with van der Waals surface area (Å²) < 4.78 is 7.32. The molecule has 0 atom stereocenters. The average Bonchev–Trinajstić information content (AvgIpc) is 3.56. The van der Waals surface area contributed by atoms with E-state index in [4.69, 9.17) is 4.52 Å². The lowest BCUT2D eigenvalue weighted by Gasteiger charge is -2.08. The number of carbonyl (C=O) groups excluding carboxylic acids is 1. The van der Waals surface area contributed by atoms with Crippen LogP contribution in [0.2, 0.25) is 0 Å². The van der Waals surface area contributed by atoms with Crippen LogP contribution < -0.4 is 5.32 Å². The molecule has 0 radical (unpaired) electrons. The molecule has 0 aromatic carbocycles. The molecule has 3 aromatic rings. The van der Waals surface area contributed by atoms with Gasteiger partial charge in [0.15, 0.2) is 0 Å². The van der Waals surface area contributed by atoms with Gasteiger partial charge in [-0.1, -0.05) is 5.16 Å². The van der Waals surface area contributed by atoms with Crippen molar-refractivity contribution in [3.63, 3.8) is 0 Å². The van der Waals surface area contributed by atoms with Crippen LogP contribution in [0.4, 0.5) is 0 Å². The Morgan fingerprint density at radius 3 is 2.81 bits per heavy atom. The van der Waals surface area contributed by atoms with Gasteiger partial charge in [-0.2, -0.15) is 5.10 Å². The largest absolute Gasteiger partial charge is 0.350 e. The number of fused-ring (bicyclic) bond motifs is 1. The van der Waals surface area contributed by atoms with Crippen molar-refractivity contribution in [2.24, 2.45) is 0 Å². The lowest BCUT2D eigenvalue weighted by molar-refractivity contribution is 0.0953. The molecule has 134 valence electrons. The molecule has 7 heteroatoms. The first kappa shape index (κ1) is 15.5. The van der Waals surface area contributed by atoms with Gasteiger partial charge < -0.3 is 9.84 Å². The third-order valence-corrected chi connectivity index (χ3v) is 5.09. The van der Waals surface area contributed by atoms with E-state index in [1.165, 1.54) is 0 Å². The summed E-state index contributed by atoms with van der Waals surface area (Å²) in [4.78, 5) is 17.5. The number of aryl methyl sites for hydroxylation is 1. The summed E-state index contributed by atoms with van der Waals surface area (Å²) in [5.74, 6) is 0.768. The normalized spacial score (nSPS) is 17.0. The second kappa shape index (κ2) is 5.93. The Morgan fingerprint density at radius 2 is 2.12 bits per heavy atom. The van der Waals surface area contributed by atoms with E-state index in [9.17, 15) is 4.79 Å². The maximum Gasteiger partial charge on any atom is 0.259 e. The average molecular weight is 351 g/mol. The van der Waals surface area contributed by atoms with Crippen LogP contribution in [0.1, 0.15) is 64.8 Å². The van der Waals surface area contributed by atoms with Crippen molar-refractivity contribution in [2.75, 3.05) is 6.54 Å². The van der Waals surface area contributed by atoms with E-state index in [-0.39, 0.29) is 5.91 Å². The fraction of sp³-hybridized carbons (Fsp3) is 0.474. The molecule has 2 aliphatic rings. The van der Waals surface area contributed by atoms with Gasteiger partial charge in [0.25, 0.3) is 11.6 Å². The molecule has 1 amide bonds. The highest BCUT2D eigenvalue weighted by Gasteiger charge is 2.34. The number of nitrogens with one attached hydrogen (secondary N) is 1. The van der Waals surface area contributed by atoms with Crippen LogP contribution >= 0.6 is 0 Å². The van der Waals surface area contributed by atoms with E-state index in [1.807, 2.05) is 30.1 Å². The zero-order valence-electron chi connectivity index (χ0n) is 14.7. The Morgan fingerprint density at radius 1 is 1.31 bits per heavy atom. The summed E-state index contributed by atoms with van der Waals surface area (Å²) >= 11 is 0. The van der Waals surface area contributed by atoms with Crippen molar-refractivity contribution in [1.29, 1.82) is 0 Å². The first-order valence-electron chi connectivity index (χ1n) is 9.26. The van der Waals surface area contributed by atoms with Crippen molar-refractivity contribution in [3.05, 3.63) is 41.0 Å². The van der Waals surface area contributed by atoms with Crippen LogP contribution in [0.15, 0.2) is 23.0 Å². The Bertz CT molecular complexity index is 981. The number of hydrogen-bond donors (Lipinski definition) is 1. The quantitative estimate of drug-likeness (QED) is 0.738. The molecule has 26 heavy (non-hydrogen) atoms. The van der Waals surface area contributed by atoms with Gasteiger partial charge in [0.1, 0.15) is 0 Å². The molecule has 2 aliphatic carbocycles. The summed E-state index contributed by atoms with van der Waals surface area (Å²) in [7, 11) is 0. The zero-order valence-corrected chi connectivity index (χ0v) is 14.7. The molecule has 1 N–H and O–H groups in total. The van der Waals surface area contributed by atoms with Gasteiger partial charge in [-0.05, 0) is 44.2 Å². The standard InChI is InChI=1S/C19H21N5O2/c1-11-9-21-24(10-11)7-6-20-18(25)14-8-15(12-2-3-12)22-19-16(14)17(23-26-19)13-4-5-13/h8-10,12-13H,2-7H2,1H3,(H,20,25). The molecule has 0 bridgehead atoms. The van der Waals surface area contributed by atoms with Crippen molar-refractivity contribution in [1.82, 2.24) is 25.2 Å². The molecule has 5 rings (SSSR count). The lowest BCUT2D eigenvalue weighted by atomic mass is 10.1. The number of amides is 1. The number of pyridine rings is 1. The van der Waals surface area contributed by atoms with Gasteiger partial charge in [-0.3, -0.25) is 9.48 Å². The number of rotatable bonds is 6. The van der Waals surface area contributed by atoms with Crippen LogP contribution in [0, 0.1) is 6.92 Å². The van der Waals surface area contributed by atoms with Gasteiger partial charge in [0.2, 0.25) is 0 Å². The minimum atomic E-state index is -0.0896. The van der Waals surface area contributed by atoms with E-state index in [2.05, 4.69) is 20.6 Å². The molecule has 3 heterocycles. The molecule has 3 aromatic heterocycles. The molecule has 2 saturated carbocycles. The fourth-order valence-corrected chi connectivity index (χ4v) is 3.36. The van der Waals surface area contributed by atoms with Crippen LogP contribution in [0.3, 0.4) is 0 Å². The van der Waals surface area contributed by atoms with Crippen molar-refractivity contribution >= 4 is 17.0 Å². The van der Waals surface area contributed by atoms with Gasteiger partial charge in [0, 0.05) is 30.3 Å². The third-order valence-electron chi connectivity index (χ3n) is 5.09. The number of hydrogen-bond acceptors (Lipinski definition) is 5. The van der Waals surface area contributed by atoms with Gasteiger partial charge >= 0.3 is 0 Å². The summed E-state index contributed by atoms with van der Waals surface area (Å²) in [6.07, 6.45) is 8.24. The van der Waals surface area contributed by atoms with Crippen LogP contribution in [-0.4, -0.2) is 32.4 Å². The molecule has 0 aliphatic heterocycles. The van der Waals surface area contributed by atoms with Gasteiger partial charge in [-0.15, -0.1) is 0 Å². The van der Waals surface area contributed by atoms with Gasteiger partial charge in [0.05, 0.1) is 29.4 Å². The predicted molar refractivity (Wildman–Crippen MR) is 95.1 cm³/mol. The van der Waals surface area contributed by atoms with Crippen molar-refractivity contribution < 1.29 is 9.32 Å². The maximum atomic E-state index is 12.9. The smallest absolute Gasteiger partial charge is 0.259 e. The third kappa shape index (κ3) is 2.87. The predicted octanol–water partition coefficient (Wildman–Crippen LogP) is 2.91. The topological polar surface area (TPSA) is 85.8 Å². The molecular weight excluding hydrogens is 330 g/mol. The molecule has 7 nitrogen and oxygen atoms in total. The highest BCUT2D eigenvalue weighted by atomic mass is 16.5. The first-order valence-corrected chi connectivity index (χ1v) is 9.26. The summed E-state index contributed by atoms with van der Waals surface area (Å²) in [6.45, 7) is 3.16. The van der Waals surface area contributed by atoms with Crippen LogP contribution in [-0.2, 0) is 6.54 Å². The molecule has 2 fully saturated rings. The number of carbonyl (C=O) groups is 1. The second-order valence-corrected chi connectivity index (χ2v) is 7.43. The van der Waals surface area contributed by atoms with Gasteiger partial charge in [-0.25, -0.2) is 4.98 Å².